The first-order chi connectivity index (χ1) is 8.87. The van der Waals surface area contributed by atoms with Gasteiger partial charge >= 0.3 is 6.18 Å². The fraction of sp³-hybridized carbons (Fsp3) is 0.667. The third-order valence-electron chi connectivity index (χ3n) is 2.17. The second kappa shape index (κ2) is 6.42. The van der Waals surface area contributed by atoms with Crippen LogP contribution in [-0.4, -0.2) is 29.7 Å². The van der Waals surface area contributed by atoms with Gasteiger partial charge in [-0.3, -0.25) is 0 Å². The van der Waals surface area contributed by atoms with E-state index in [9.17, 15) is 13.2 Å². The van der Waals surface area contributed by atoms with Crippen molar-refractivity contribution in [1.82, 2.24) is 10.6 Å². The van der Waals surface area contributed by atoms with Crippen LogP contribution in [0.15, 0.2) is 15.4 Å². The Morgan fingerprint density at radius 3 is 2.74 bits per heavy atom. The maximum Gasteiger partial charge on any atom is 0.405 e. The van der Waals surface area contributed by atoms with Crippen LogP contribution in [0.3, 0.4) is 0 Å². The lowest BCUT2D eigenvalue weighted by Crippen LogP contribution is -2.52. The molecule has 19 heavy (non-hydrogen) atoms. The minimum absolute atomic E-state index is 0.193. The minimum atomic E-state index is -4.36. The van der Waals surface area contributed by atoms with Crippen LogP contribution >= 0.6 is 12.2 Å². The van der Waals surface area contributed by atoms with E-state index in [1.54, 1.807) is 0 Å². The predicted octanol–water partition coefficient (Wildman–Crippen LogP) is 1.85. The molecule has 1 unspecified atom stereocenters. The van der Waals surface area contributed by atoms with E-state index in [4.69, 9.17) is 17.5 Å². The summed E-state index contributed by atoms with van der Waals surface area (Å²) in [5.74, 6) is 0. The Labute approximate surface area is 112 Å². The predicted molar refractivity (Wildman–Crippen MR) is 65.3 cm³/mol. The van der Waals surface area contributed by atoms with E-state index in [2.05, 4.69) is 20.8 Å². The molecule has 0 radical (unpaired) electrons. The molecule has 2 N–H and O–H groups in total. The topological polar surface area (TPSA) is 84.9 Å². The van der Waals surface area contributed by atoms with Crippen molar-refractivity contribution < 1.29 is 13.2 Å². The molecule has 0 fully saturated rings. The molecule has 0 aliphatic carbocycles. The first-order valence-electron chi connectivity index (χ1n) is 5.33. The number of rotatable bonds is 5. The molecule has 1 rings (SSSR count). The van der Waals surface area contributed by atoms with Gasteiger partial charge in [-0.05, 0) is 30.3 Å². The van der Waals surface area contributed by atoms with Crippen LogP contribution in [0.25, 0.3) is 0 Å². The van der Waals surface area contributed by atoms with Gasteiger partial charge in [0.25, 0.3) is 0 Å². The highest BCUT2D eigenvalue weighted by Gasteiger charge is 2.33. The first kappa shape index (κ1) is 15.3. The van der Waals surface area contributed by atoms with Gasteiger partial charge in [-0.1, -0.05) is 0 Å². The van der Waals surface area contributed by atoms with Crippen LogP contribution in [0.2, 0.25) is 0 Å². The van der Waals surface area contributed by atoms with Crippen molar-refractivity contribution in [3.63, 3.8) is 0 Å². The second-order valence-corrected chi connectivity index (χ2v) is 4.20. The highest BCUT2D eigenvalue weighted by Crippen LogP contribution is 2.19. The van der Waals surface area contributed by atoms with E-state index in [1.807, 2.05) is 11.4 Å². The van der Waals surface area contributed by atoms with Gasteiger partial charge < -0.3 is 10.6 Å². The average molecular weight is 292 g/mol. The van der Waals surface area contributed by atoms with Gasteiger partial charge in [-0.25, -0.2) is 0 Å². The summed E-state index contributed by atoms with van der Waals surface area (Å²) in [5, 5.41) is 23.7. The standard InChI is InChI=1S/C9H11F3N6S/c10-9(11,12)6-14-7(19)16-8(3-1-2-4-13)5-15-18-17-8/h5H,1-3,6H2,(H2,14,16,19). The highest BCUT2D eigenvalue weighted by atomic mass is 32.1. The molecule has 0 saturated carbocycles. The molecular formula is C9H11F3N6S. The van der Waals surface area contributed by atoms with Crippen molar-refractivity contribution in [2.45, 2.75) is 31.1 Å². The Balaban J connectivity index is 2.50. The van der Waals surface area contributed by atoms with Gasteiger partial charge in [-0.15, -0.1) is 10.2 Å². The molecule has 1 atom stereocenters. The van der Waals surface area contributed by atoms with E-state index in [-0.39, 0.29) is 5.11 Å². The Kier molecular flexibility index (Phi) is 5.17. The van der Waals surface area contributed by atoms with Crippen LogP contribution in [0.5, 0.6) is 0 Å². The number of nitriles is 1. The molecule has 1 heterocycles. The zero-order valence-corrected chi connectivity index (χ0v) is 10.6. The summed E-state index contributed by atoms with van der Waals surface area (Å²) in [4.78, 5) is 0. The summed E-state index contributed by atoms with van der Waals surface area (Å²) in [6, 6.07) is 1.97. The lowest BCUT2D eigenvalue weighted by molar-refractivity contribution is -0.122. The quantitative estimate of drug-likeness (QED) is 0.598. The zero-order valence-electron chi connectivity index (χ0n) is 9.74. The third kappa shape index (κ3) is 5.60. The normalized spacial score (nSPS) is 21.2. The van der Waals surface area contributed by atoms with Gasteiger partial charge in [0.05, 0.1) is 12.3 Å². The molecular weight excluding hydrogens is 281 g/mol. The second-order valence-electron chi connectivity index (χ2n) is 3.79. The van der Waals surface area contributed by atoms with Crippen molar-refractivity contribution in [2.24, 2.45) is 15.4 Å². The fourth-order valence-electron chi connectivity index (χ4n) is 1.35. The fourth-order valence-corrected chi connectivity index (χ4v) is 1.59. The van der Waals surface area contributed by atoms with E-state index in [0.29, 0.717) is 19.3 Å². The molecule has 0 aromatic carbocycles. The number of halogens is 3. The van der Waals surface area contributed by atoms with Crippen molar-refractivity contribution in [3.05, 3.63) is 0 Å². The maximum atomic E-state index is 12.0. The van der Waals surface area contributed by atoms with Gasteiger partial charge in [0.15, 0.2) is 10.8 Å². The third-order valence-corrected chi connectivity index (χ3v) is 2.42. The largest absolute Gasteiger partial charge is 0.405 e. The van der Waals surface area contributed by atoms with E-state index < -0.39 is 18.4 Å². The molecule has 0 amide bonds. The SMILES string of the molecule is N#CCCCC1(NC(=S)NCC(F)(F)F)C=NN=N1. The summed E-state index contributed by atoms with van der Waals surface area (Å²) in [6.07, 6.45) is -1.84. The van der Waals surface area contributed by atoms with Crippen LogP contribution in [0.4, 0.5) is 13.2 Å². The minimum Gasteiger partial charge on any atom is -0.354 e. The number of nitrogens with zero attached hydrogens (tertiary/aromatic N) is 4. The Morgan fingerprint density at radius 1 is 1.47 bits per heavy atom. The summed E-state index contributed by atoms with van der Waals surface area (Å²) in [6.45, 7) is -1.23. The van der Waals surface area contributed by atoms with Crippen LogP contribution in [0, 0.1) is 11.3 Å². The van der Waals surface area contributed by atoms with Crippen molar-refractivity contribution in [1.29, 1.82) is 5.26 Å². The summed E-state index contributed by atoms with van der Waals surface area (Å²) < 4.78 is 36.1. The molecule has 1 aliphatic rings. The van der Waals surface area contributed by atoms with E-state index in [0.717, 1.165) is 0 Å². The molecule has 0 saturated heterocycles. The molecule has 6 nitrogen and oxygen atoms in total. The van der Waals surface area contributed by atoms with Gasteiger partial charge in [-0.2, -0.15) is 18.4 Å². The van der Waals surface area contributed by atoms with Gasteiger partial charge in [0.2, 0.25) is 0 Å². The monoisotopic (exact) mass is 292 g/mol. The summed E-state index contributed by atoms with van der Waals surface area (Å²) in [7, 11) is 0. The Morgan fingerprint density at radius 2 is 2.21 bits per heavy atom. The van der Waals surface area contributed by atoms with Gasteiger partial charge in [0.1, 0.15) is 6.54 Å². The van der Waals surface area contributed by atoms with Crippen LogP contribution < -0.4 is 10.6 Å². The molecule has 0 aromatic rings. The van der Waals surface area contributed by atoms with Crippen molar-refractivity contribution in [3.8, 4) is 6.07 Å². The first-order valence-corrected chi connectivity index (χ1v) is 5.74. The average Bonchev–Trinajstić information content (AvgIpc) is 2.75. The maximum absolute atomic E-state index is 12.0. The molecule has 0 spiro atoms. The smallest absolute Gasteiger partial charge is 0.354 e. The van der Waals surface area contributed by atoms with Crippen LogP contribution in [-0.2, 0) is 0 Å². The lowest BCUT2D eigenvalue weighted by Gasteiger charge is -2.24. The van der Waals surface area contributed by atoms with Crippen LogP contribution in [0.1, 0.15) is 19.3 Å². The molecule has 104 valence electrons. The Bertz CT molecular complexity index is 413. The van der Waals surface area contributed by atoms with Crippen molar-refractivity contribution in [2.75, 3.05) is 6.54 Å². The lowest BCUT2D eigenvalue weighted by atomic mass is 10.1. The number of alkyl halides is 3. The molecule has 0 bridgehead atoms. The number of unbranched alkanes of at least 4 members (excludes halogenated alkanes) is 1. The van der Waals surface area contributed by atoms with Crippen molar-refractivity contribution >= 4 is 23.5 Å². The number of nitrogens with one attached hydrogen (secondary N) is 2. The summed E-state index contributed by atoms with van der Waals surface area (Å²) in [5.41, 5.74) is -1.06. The molecule has 10 heteroatoms. The van der Waals surface area contributed by atoms with E-state index >= 15 is 0 Å². The summed E-state index contributed by atoms with van der Waals surface area (Å²) >= 11 is 4.76. The number of hydrogen-bond acceptors (Lipinski definition) is 5. The zero-order chi connectivity index (χ0) is 14.4. The number of thiocarbonyl (C=S) groups is 1. The number of hydrogen-bond donors (Lipinski definition) is 2. The highest BCUT2D eigenvalue weighted by molar-refractivity contribution is 7.80. The Hall–Kier alpha value is -1.76. The van der Waals surface area contributed by atoms with Gasteiger partial charge in [0, 0.05) is 6.42 Å². The molecule has 1 aliphatic heterocycles. The van der Waals surface area contributed by atoms with E-state index in [1.165, 1.54) is 6.21 Å². The molecule has 0 aromatic heterocycles.